The van der Waals surface area contributed by atoms with Gasteiger partial charge in [-0.15, -0.1) is 0 Å². The fourth-order valence-electron chi connectivity index (χ4n) is 0.654. The maximum Gasteiger partial charge on any atom is 0.134 e. The topological polar surface area (TPSA) is 9.23 Å². The zero-order valence-corrected chi connectivity index (χ0v) is 7.57. The average molecular weight is 158 g/mol. The van der Waals surface area contributed by atoms with Crippen molar-refractivity contribution < 1.29 is 9.13 Å². The second-order valence-electron chi connectivity index (χ2n) is 2.92. The highest BCUT2D eigenvalue weighted by atomic mass is 19.1. The molecule has 0 aromatic rings. The van der Waals surface area contributed by atoms with E-state index in [-0.39, 0.29) is 5.83 Å². The Labute approximate surface area is 67.6 Å². The summed E-state index contributed by atoms with van der Waals surface area (Å²) in [5.41, 5.74) is -0.310. The lowest BCUT2D eigenvalue weighted by atomic mass is 10.0. The van der Waals surface area contributed by atoms with Gasteiger partial charge in [-0.05, 0) is 26.3 Å². The van der Waals surface area contributed by atoms with E-state index >= 15 is 0 Å². The van der Waals surface area contributed by atoms with Gasteiger partial charge in [0, 0.05) is 7.11 Å². The number of hydrogen-bond donors (Lipinski definition) is 0. The molecule has 0 bridgehead atoms. The molecule has 0 aliphatic rings. The summed E-state index contributed by atoms with van der Waals surface area (Å²) in [6.07, 6.45) is 1.48. The molecule has 0 aromatic heterocycles. The molecular formula is C9H15FO. The zero-order chi connectivity index (χ0) is 9.07. The molecule has 64 valence electrons. The molecule has 0 aromatic carbocycles. The lowest BCUT2D eigenvalue weighted by Gasteiger charge is -2.21. The van der Waals surface area contributed by atoms with Crippen molar-refractivity contribution in [3.05, 3.63) is 24.1 Å². The van der Waals surface area contributed by atoms with Gasteiger partial charge < -0.3 is 4.74 Å². The Kier molecular flexibility index (Phi) is 3.46. The molecule has 0 fully saturated rings. The van der Waals surface area contributed by atoms with Gasteiger partial charge >= 0.3 is 0 Å². The van der Waals surface area contributed by atoms with Crippen molar-refractivity contribution in [2.24, 2.45) is 0 Å². The largest absolute Gasteiger partial charge is 0.372 e. The highest BCUT2D eigenvalue weighted by Crippen LogP contribution is 2.24. The molecule has 0 aliphatic heterocycles. The number of rotatable bonds is 3. The minimum atomic E-state index is -0.835. The van der Waals surface area contributed by atoms with Crippen LogP contribution in [0.5, 0.6) is 0 Å². The fraction of sp³-hybridized carbons (Fsp3) is 0.556. The number of methoxy groups -OCH3 is 1. The van der Waals surface area contributed by atoms with Crippen LogP contribution in [0.2, 0.25) is 0 Å². The molecule has 0 amide bonds. The average Bonchev–Trinajstić information content (AvgIpc) is 2.01. The summed E-state index contributed by atoms with van der Waals surface area (Å²) in [4.78, 5) is 0. The van der Waals surface area contributed by atoms with Crippen LogP contribution in [0.25, 0.3) is 0 Å². The lowest BCUT2D eigenvalue weighted by molar-refractivity contribution is 0.0352. The summed E-state index contributed by atoms with van der Waals surface area (Å²) in [6, 6.07) is 0. The highest BCUT2D eigenvalue weighted by molar-refractivity contribution is 5.22. The van der Waals surface area contributed by atoms with Crippen molar-refractivity contribution in [1.29, 1.82) is 0 Å². The standard InChI is InChI=1S/C9H15FO/c1-6-7(2)8(10)9(3,4)11-5/h6H,1H2,2-5H3/b8-7+. The maximum absolute atomic E-state index is 13.3. The molecular weight excluding hydrogens is 143 g/mol. The van der Waals surface area contributed by atoms with E-state index in [2.05, 4.69) is 6.58 Å². The first-order valence-electron chi connectivity index (χ1n) is 3.50. The van der Waals surface area contributed by atoms with E-state index in [9.17, 15) is 4.39 Å². The Morgan fingerprint density at radius 3 is 2.27 bits per heavy atom. The van der Waals surface area contributed by atoms with E-state index in [4.69, 9.17) is 4.74 Å². The van der Waals surface area contributed by atoms with Gasteiger partial charge in [-0.2, -0.15) is 0 Å². The van der Waals surface area contributed by atoms with Gasteiger partial charge in [0.25, 0.3) is 0 Å². The van der Waals surface area contributed by atoms with Crippen LogP contribution < -0.4 is 0 Å². The number of ether oxygens (including phenoxy) is 1. The second kappa shape index (κ2) is 3.67. The Morgan fingerprint density at radius 2 is 2.00 bits per heavy atom. The van der Waals surface area contributed by atoms with Crippen LogP contribution in [0.15, 0.2) is 24.1 Å². The third kappa shape index (κ3) is 2.46. The van der Waals surface area contributed by atoms with Gasteiger partial charge in [-0.3, -0.25) is 0 Å². The van der Waals surface area contributed by atoms with E-state index in [1.165, 1.54) is 13.2 Å². The van der Waals surface area contributed by atoms with Crippen molar-refractivity contribution in [2.75, 3.05) is 7.11 Å². The van der Waals surface area contributed by atoms with Crippen molar-refractivity contribution in [2.45, 2.75) is 26.4 Å². The van der Waals surface area contributed by atoms with Crippen LogP contribution >= 0.6 is 0 Å². The molecule has 0 spiro atoms. The van der Waals surface area contributed by atoms with Crippen molar-refractivity contribution in [1.82, 2.24) is 0 Å². The summed E-state index contributed by atoms with van der Waals surface area (Å²) in [7, 11) is 1.48. The van der Waals surface area contributed by atoms with Gasteiger partial charge in [0.1, 0.15) is 11.4 Å². The van der Waals surface area contributed by atoms with E-state index in [0.717, 1.165) is 0 Å². The SMILES string of the molecule is C=C/C(C)=C(/F)C(C)(C)OC. The lowest BCUT2D eigenvalue weighted by Crippen LogP contribution is -2.23. The summed E-state index contributed by atoms with van der Waals surface area (Å²) in [6.45, 7) is 8.50. The van der Waals surface area contributed by atoms with Gasteiger partial charge in [0.15, 0.2) is 0 Å². The molecule has 11 heavy (non-hydrogen) atoms. The summed E-state index contributed by atoms with van der Waals surface area (Å²) >= 11 is 0. The quantitative estimate of drug-likeness (QED) is 0.574. The van der Waals surface area contributed by atoms with Gasteiger partial charge in [0.2, 0.25) is 0 Å². The van der Waals surface area contributed by atoms with Crippen molar-refractivity contribution in [3.63, 3.8) is 0 Å². The smallest absolute Gasteiger partial charge is 0.134 e. The monoisotopic (exact) mass is 158 g/mol. The zero-order valence-electron chi connectivity index (χ0n) is 7.57. The van der Waals surface area contributed by atoms with Crippen LogP contribution in [0, 0.1) is 0 Å². The fourth-order valence-corrected chi connectivity index (χ4v) is 0.654. The Balaban J connectivity index is 4.71. The number of hydrogen-bond acceptors (Lipinski definition) is 1. The molecule has 1 nitrogen and oxygen atoms in total. The molecule has 0 radical (unpaired) electrons. The van der Waals surface area contributed by atoms with E-state index < -0.39 is 5.60 Å². The van der Waals surface area contributed by atoms with Crippen molar-refractivity contribution in [3.8, 4) is 0 Å². The minimum absolute atomic E-state index is 0.269. The van der Waals surface area contributed by atoms with Crippen molar-refractivity contribution >= 4 is 0 Å². The van der Waals surface area contributed by atoms with Crippen LogP contribution in [0.3, 0.4) is 0 Å². The number of halogens is 1. The molecule has 0 heterocycles. The molecule has 0 saturated carbocycles. The Bertz CT molecular complexity index is 180. The first-order valence-corrected chi connectivity index (χ1v) is 3.50. The van der Waals surface area contributed by atoms with Crippen LogP contribution in [0.4, 0.5) is 4.39 Å². The minimum Gasteiger partial charge on any atom is -0.372 e. The molecule has 0 N–H and O–H groups in total. The summed E-state index contributed by atoms with van der Waals surface area (Å²) in [5, 5.41) is 0. The Morgan fingerprint density at radius 1 is 1.55 bits per heavy atom. The van der Waals surface area contributed by atoms with Gasteiger partial charge in [-0.25, -0.2) is 4.39 Å². The predicted molar refractivity (Wildman–Crippen MR) is 45.1 cm³/mol. The predicted octanol–water partition coefficient (Wildman–Crippen LogP) is 2.84. The molecule has 2 heteroatoms. The van der Waals surface area contributed by atoms with Gasteiger partial charge in [-0.1, -0.05) is 12.7 Å². The highest BCUT2D eigenvalue weighted by Gasteiger charge is 2.23. The first kappa shape index (κ1) is 10.4. The maximum atomic E-state index is 13.3. The molecule has 0 atom stereocenters. The van der Waals surface area contributed by atoms with E-state index in [0.29, 0.717) is 5.57 Å². The Hall–Kier alpha value is -0.630. The van der Waals surface area contributed by atoms with E-state index in [1.807, 2.05) is 0 Å². The van der Waals surface area contributed by atoms with Gasteiger partial charge in [0.05, 0.1) is 0 Å². The first-order chi connectivity index (χ1) is 4.95. The van der Waals surface area contributed by atoms with Crippen LogP contribution in [0.1, 0.15) is 20.8 Å². The third-order valence-corrected chi connectivity index (χ3v) is 1.69. The summed E-state index contributed by atoms with van der Waals surface area (Å²) < 4.78 is 18.2. The van der Waals surface area contributed by atoms with Crippen LogP contribution in [-0.2, 0) is 4.74 Å². The molecule has 0 aliphatic carbocycles. The number of allylic oxidation sites excluding steroid dienone is 2. The molecule has 0 saturated heterocycles. The second-order valence-corrected chi connectivity index (χ2v) is 2.92. The molecule has 0 unspecified atom stereocenters. The third-order valence-electron chi connectivity index (χ3n) is 1.69. The van der Waals surface area contributed by atoms with Crippen LogP contribution in [-0.4, -0.2) is 12.7 Å². The molecule has 0 rings (SSSR count). The summed E-state index contributed by atoms with van der Waals surface area (Å²) in [5.74, 6) is -0.269. The normalized spacial score (nSPS) is 14.3. The van der Waals surface area contributed by atoms with E-state index in [1.54, 1.807) is 20.8 Å².